The van der Waals surface area contributed by atoms with Crippen LogP contribution in [0.3, 0.4) is 0 Å². The fourth-order valence-corrected chi connectivity index (χ4v) is 3.08. The van der Waals surface area contributed by atoms with E-state index < -0.39 is 5.41 Å². The summed E-state index contributed by atoms with van der Waals surface area (Å²) >= 11 is 0. The number of hydrogen-bond acceptors (Lipinski definition) is 3. The third kappa shape index (κ3) is 4.48. The Bertz CT molecular complexity index is 804. The van der Waals surface area contributed by atoms with Crippen molar-refractivity contribution in [1.82, 2.24) is 4.90 Å². The van der Waals surface area contributed by atoms with E-state index in [2.05, 4.69) is 10.2 Å². The fourth-order valence-electron chi connectivity index (χ4n) is 3.08. The number of rotatable bonds is 3. The van der Waals surface area contributed by atoms with Gasteiger partial charge in [-0.2, -0.15) is 0 Å². The van der Waals surface area contributed by atoms with Gasteiger partial charge >= 0.3 is 0 Å². The van der Waals surface area contributed by atoms with Gasteiger partial charge in [-0.15, -0.1) is 0 Å². The van der Waals surface area contributed by atoms with Crippen LogP contribution in [0.25, 0.3) is 0 Å². The van der Waals surface area contributed by atoms with Crippen molar-refractivity contribution in [3.63, 3.8) is 0 Å². The van der Waals surface area contributed by atoms with Gasteiger partial charge in [-0.1, -0.05) is 51.1 Å². The summed E-state index contributed by atoms with van der Waals surface area (Å²) in [7, 11) is 0. The zero-order valence-electron chi connectivity index (χ0n) is 16.2. The van der Waals surface area contributed by atoms with Crippen LogP contribution in [0.4, 0.5) is 11.4 Å². The van der Waals surface area contributed by atoms with Gasteiger partial charge in [0.1, 0.15) is 0 Å². The number of anilines is 2. The lowest BCUT2D eigenvalue weighted by atomic mass is 9.95. The molecule has 142 valence electrons. The maximum absolute atomic E-state index is 12.6. The van der Waals surface area contributed by atoms with Gasteiger partial charge < -0.3 is 15.1 Å². The van der Waals surface area contributed by atoms with E-state index >= 15 is 0 Å². The van der Waals surface area contributed by atoms with Crippen LogP contribution in [-0.4, -0.2) is 42.9 Å². The van der Waals surface area contributed by atoms with E-state index in [9.17, 15) is 9.59 Å². The molecule has 1 saturated heterocycles. The minimum atomic E-state index is -0.450. The first-order valence-corrected chi connectivity index (χ1v) is 9.36. The highest BCUT2D eigenvalue weighted by Crippen LogP contribution is 2.28. The molecule has 3 rings (SSSR count). The normalized spacial score (nSPS) is 14.8. The first-order valence-electron chi connectivity index (χ1n) is 9.36. The van der Waals surface area contributed by atoms with Gasteiger partial charge in [0.05, 0.1) is 11.4 Å². The predicted molar refractivity (Wildman–Crippen MR) is 109 cm³/mol. The summed E-state index contributed by atoms with van der Waals surface area (Å²) in [4.78, 5) is 29.1. The second-order valence-corrected chi connectivity index (χ2v) is 7.87. The second-order valence-electron chi connectivity index (χ2n) is 7.87. The lowest BCUT2D eigenvalue weighted by Gasteiger charge is -2.37. The molecule has 0 saturated carbocycles. The molecule has 1 aliphatic rings. The lowest BCUT2D eigenvalue weighted by Crippen LogP contribution is -2.49. The number of hydrogen-bond donors (Lipinski definition) is 1. The van der Waals surface area contributed by atoms with E-state index in [0.717, 1.165) is 30.0 Å². The Morgan fingerprint density at radius 1 is 0.852 bits per heavy atom. The number of para-hydroxylation sites is 2. The van der Waals surface area contributed by atoms with Crippen LogP contribution in [0.2, 0.25) is 0 Å². The number of amides is 2. The monoisotopic (exact) mass is 365 g/mol. The van der Waals surface area contributed by atoms with Crippen LogP contribution in [0.1, 0.15) is 31.1 Å². The molecular weight excluding hydrogens is 338 g/mol. The van der Waals surface area contributed by atoms with Gasteiger partial charge in [0, 0.05) is 37.2 Å². The number of carbonyl (C=O) groups is 2. The Morgan fingerprint density at radius 3 is 2.07 bits per heavy atom. The largest absolute Gasteiger partial charge is 0.366 e. The lowest BCUT2D eigenvalue weighted by molar-refractivity contribution is -0.123. The number of nitrogens with zero attached hydrogens (tertiary/aromatic N) is 2. The summed E-state index contributed by atoms with van der Waals surface area (Å²) in [6, 6.07) is 17.2. The van der Waals surface area contributed by atoms with E-state index in [0.29, 0.717) is 13.1 Å². The molecule has 0 spiro atoms. The Kier molecular flexibility index (Phi) is 5.49. The minimum absolute atomic E-state index is 0.00663. The Morgan fingerprint density at radius 2 is 1.44 bits per heavy atom. The molecule has 1 aliphatic heterocycles. The molecule has 0 aromatic heterocycles. The standard InChI is InChI=1S/C22H27N3O2/c1-22(2,3)21(27)23-18-11-7-8-12-19(18)24-13-15-25(16-14-24)20(26)17-9-5-4-6-10-17/h4-12H,13-16H2,1-3H3,(H,23,27). The van der Waals surface area contributed by atoms with E-state index in [4.69, 9.17) is 0 Å². The van der Waals surface area contributed by atoms with Crippen LogP contribution < -0.4 is 10.2 Å². The SMILES string of the molecule is CC(C)(C)C(=O)Nc1ccccc1N1CCN(C(=O)c2ccccc2)CC1. The summed E-state index contributed by atoms with van der Waals surface area (Å²) < 4.78 is 0. The van der Waals surface area contributed by atoms with Gasteiger partial charge in [0.15, 0.2) is 0 Å². The van der Waals surface area contributed by atoms with Crippen LogP contribution in [0.5, 0.6) is 0 Å². The van der Waals surface area contributed by atoms with Gasteiger partial charge in [-0.05, 0) is 24.3 Å². The first-order chi connectivity index (χ1) is 12.9. The zero-order valence-corrected chi connectivity index (χ0v) is 16.2. The van der Waals surface area contributed by atoms with Gasteiger partial charge in [-0.3, -0.25) is 9.59 Å². The molecule has 5 heteroatoms. The number of benzene rings is 2. The summed E-state index contributed by atoms with van der Waals surface area (Å²) in [5.41, 5.74) is 2.10. The highest BCUT2D eigenvalue weighted by atomic mass is 16.2. The Labute approximate surface area is 161 Å². The molecule has 1 heterocycles. The van der Waals surface area contributed by atoms with Gasteiger partial charge in [0.2, 0.25) is 5.91 Å². The molecule has 2 aromatic rings. The molecule has 1 fully saturated rings. The summed E-state index contributed by atoms with van der Waals surface area (Å²) in [6.07, 6.45) is 0. The molecule has 5 nitrogen and oxygen atoms in total. The van der Waals surface area contributed by atoms with Crippen molar-refractivity contribution in [3.05, 3.63) is 60.2 Å². The highest BCUT2D eigenvalue weighted by molar-refractivity contribution is 5.97. The number of piperazine rings is 1. The maximum atomic E-state index is 12.6. The van der Waals surface area contributed by atoms with E-state index in [1.807, 2.05) is 80.3 Å². The third-order valence-corrected chi connectivity index (χ3v) is 4.76. The fraction of sp³-hybridized carbons (Fsp3) is 0.364. The average Bonchev–Trinajstić information content (AvgIpc) is 2.68. The van der Waals surface area contributed by atoms with Crippen molar-refractivity contribution in [1.29, 1.82) is 0 Å². The van der Waals surface area contributed by atoms with Crippen molar-refractivity contribution in [2.45, 2.75) is 20.8 Å². The minimum Gasteiger partial charge on any atom is -0.366 e. The van der Waals surface area contributed by atoms with E-state index in [1.165, 1.54) is 0 Å². The number of carbonyl (C=O) groups excluding carboxylic acids is 2. The van der Waals surface area contributed by atoms with Crippen LogP contribution in [0, 0.1) is 5.41 Å². The van der Waals surface area contributed by atoms with Gasteiger partial charge in [-0.25, -0.2) is 0 Å². The topological polar surface area (TPSA) is 52.7 Å². The summed E-state index contributed by atoms with van der Waals surface area (Å²) in [6.45, 7) is 8.50. The first kappa shape index (κ1) is 19.0. The van der Waals surface area contributed by atoms with Crippen LogP contribution in [0.15, 0.2) is 54.6 Å². The third-order valence-electron chi connectivity index (χ3n) is 4.76. The number of nitrogens with one attached hydrogen (secondary N) is 1. The smallest absolute Gasteiger partial charge is 0.253 e. The molecule has 0 radical (unpaired) electrons. The Balaban J connectivity index is 1.68. The van der Waals surface area contributed by atoms with Crippen molar-refractivity contribution in [3.8, 4) is 0 Å². The van der Waals surface area contributed by atoms with Crippen LogP contribution >= 0.6 is 0 Å². The quantitative estimate of drug-likeness (QED) is 0.904. The molecule has 1 N–H and O–H groups in total. The van der Waals surface area contributed by atoms with Crippen molar-refractivity contribution in [2.24, 2.45) is 5.41 Å². The molecule has 0 bridgehead atoms. The van der Waals surface area contributed by atoms with Crippen molar-refractivity contribution < 1.29 is 9.59 Å². The molecule has 0 unspecified atom stereocenters. The zero-order chi connectivity index (χ0) is 19.4. The molecular formula is C22H27N3O2. The molecule has 27 heavy (non-hydrogen) atoms. The molecule has 0 aliphatic carbocycles. The molecule has 0 atom stereocenters. The van der Waals surface area contributed by atoms with E-state index in [-0.39, 0.29) is 11.8 Å². The summed E-state index contributed by atoms with van der Waals surface area (Å²) in [5.74, 6) is 0.0670. The van der Waals surface area contributed by atoms with Crippen molar-refractivity contribution >= 4 is 23.2 Å². The molecule has 2 amide bonds. The Hall–Kier alpha value is -2.82. The molecule has 2 aromatic carbocycles. The highest BCUT2D eigenvalue weighted by Gasteiger charge is 2.25. The maximum Gasteiger partial charge on any atom is 0.253 e. The average molecular weight is 365 g/mol. The van der Waals surface area contributed by atoms with E-state index in [1.54, 1.807) is 0 Å². The van der Waals surface area contributed by atoms with Crippen LogP contribution in [-0.2, 0) is 4.79 Å². The van der Waals surface area contributed by atoms with Gasteiger partial charge in [0.25, 0.3) is 5.91 Å². The van der Waals surface area contributed by atoms with Crippen molar-refractivity contribution in [2.75, 3.05) is 36.4 Å². The predicted octanol–water partition coefficient (Wildman–Crippen LogP) is 3.63. The summed E-state index contributed by atoms with van der Waals surface area (Å²) in [5, 5.41) is 3.05. The second kappa shape index (κ2) is 7.82.